The molecule has 0 aromatic carbocycles. The molecule has 0 amide bonds. The summed E-state index contributed by atoms with van der Waals surface area (Å²) < 4.78 is 11.1. The Kier molecular flexibility index (Phi) is 1.91. The Morgan fingerprint density at radius 1 is 0.800 bits per heavy atom. The summed E-state index contributed by atoms with van der Waals surface area (Å²) in [6, 6.07) is 0. The van der Waals surface area contributed by atoms with E-state index in [1.807, 2.05) is 0 Å². The predicted molar refractivity (Wildman–Crippen MR) is 37.9 cm³/mol. The van der Waals surface area contributed by atoms with E-state index >= 15 is 0 Å². The lowest BCUT2D eigenvalue weighted by molar-refractivity contribution is 0.00410. The van der Waals surface area contributed by atoms with E-state index < -0.39 is 0 Å². The van der Waals surface area contributed by atoms with Gasteiger partial charge in [-0.1, -0.05) is 0 Å². The van der Waals surface area contributed by atoms with Crippen LogP contribution in [0.15, 0.2) is 0 Å². The molecule has 2 aliphatic heterocycles. The molecule has 2 nitrogen and oxygen atoms in total. The molecule has 2 unspecified atom stereocenters. The van der Waals surface area contributed by atoms with Crippen molar-refractivity contribution in [1.29, 1.82) is 0 Å². The Bertz CT molecular complexity index is 102. The molecule has 0 aromatic heterocycles. The predicted octanol–water partition coefficient (Wildman–Crippen LogP) is 1.34. The second kappa shape index (κ2) is 2.89. The molecule has 58 valence electrons. The van der Waals surface area contributed by atoms with Gasteiger partial charge in [-0.05, 0) is 25.7 Å². The molecule has 2 fully saturated rings. The third kappa shape index (κ3) is 1.18. The van der Waals surface area contributed by atoms with Crippen LogP contribution in [0.1, 0.15) is 25.7 Å². The number of hydrogen-bond donors (Lipinski definition) is 0. The average molecular weight is 142 g/mol. The van der Waals surface area contributed by atoms with Crippen LogP contribution in [0.4, 0.5) is 0 Å². The first-order valence-electron chi connectivity index (χ1n) is 4.20. The second-order valence-electron chi connectivity index (χ2n) is 3.10. The Balaban J connectivity index is 1.95. The fraction of sp³-hybridized carbons (Fsp3) is 1.00. The average Bonchev–Trinajstić information content (AvgIpc) is 2.28. The van der Waals surface area contributed by atoms with Gasteiger partial charge in [-0.25, -0.2) is 0 Å². The third-order valence-electron chi connectivity index (χ3n) is 2.36. The minimum Gasteiger partial charge on any atom is -0.375 e. The van der Waals surface area contributed by atoms with Gasteiger partial charge in [-0.3, -0.25) is 0 Å². The normalized spacial score (nSPS) is 40.8. The molecule has 0 spiro atoms. The first-order valence-corrected chi connectivity index (χ1v) is 4.20. The van der Waals surface area contributed by atoms with E-state index in [2.05, 4.69) is 0 Å². The van der Waals surface area contributed by atoms with Crippen LogP contribution >= 0.6 is 0 Å². The fourth-order valence-corrected chi connectivity index (χ4v) is 1.77. The third-order valence-corrected chi connectivity index (χ3v) is 2.36. The fourth-order valence-electron chi connectivity index (χ4n) is 1.77. The molecule has 0 saturated carbocycles. The molecule has 2 atom stereocenters. The van der Waals surface area contributed by atoms with E-state index in [0.717, 1.165) is 19.6 Å². The molecular formula is C8H14O2. The lowest BCUT2D eigenvalue weighted by Crippen LogP contribution is -2.21. The summed E-state index contributed by atoms with van der Waals surface area (Å²) in [4.78, 5) is 0. The highest BCUT2D eigenvalue weighted by Crippen LogP contribution is 2.24. The van der Waals surface area contributed by atoms with Crippen LogP contribution < -0.4 is 0 Å². The van der Waals surface area contributed by atoms with Crippen molar-refractivity contribution >= 4 is 0 Å². The summed E-state index contributed by atoms with van der Waals surface area (Å²) in [5.74, 6) is 0. The zero-order valence-electron chi connectivity index (χ0n) is 6.21. The van der Waals surface area contributed by atoms with Gasteiger partial charge in [0.2, 0.25) is 0 Å². The highest BCUT2D eigenvalue weighted by Gasteiger charge is 2.29. The van der Waals surface area contributed by atoms with Crippen molar-refractivity contribution in [1.82, 2.24) is 0 Å². The van der Waals surface area contributed by atoms with Crippen LogP contribution in [0, 0.1) is 0 Å². The molecule has 2 saturated heterocycles. The van der Waals surface area contributed by atoms with Crippen molar-refractivity contribution < 1.29 is 9.47 Å². The van der Waals surface area contributed by atoms with E-state index in [0.29, 0.717) is 12.2 Å². The van der Waals surface area contributed by atoms with Gasteiger partial charge in [0.15, 0.2) is 0 Å². The van der Waals surface area contributed by atoms with Crippen LogP contribution in [0.25, 0.3) is 0 Å². The number of fused-ring (bicyclic) bond motifs is 1. The van der Waals surface area contributed by atoms with Gasteiger partial charge in [0.1, 0.15) is 0 Å². The van der Waals surface area contributed by atoms with Gasteiger partial charge in [-0.15, -0.1) is 0 Å². The molecular weight excluding hydrogens is 128 g/mol. The molecule has 2 heterocycles. The first-order chi connectivity index (χ1) is 4.97. The van der Waals surface area contributed by atoms with Crippen molar-refractivity contribution in [2.24, 2.45) is 0 Å². The van der Waals surface area contributed by atoms with Gasteiger partial charge in [0, 0.05) is 13.2 Å². The minimum absolute atomic E-state index is 0.433. The van der Waals surface area contributed by atoms with Crippen molar-refractivity contribution in [2.45, 2.75) is 37.9 Å². The monoisotopic (exact) mass is 142 g/mol. The van der Waals surface area contributed by atoms with E-state index in [-0.39, 0.29) is 0 Å². The molecule has 2 rings (SSSR count). The molecule has 0 aromatic rings. The Morgan fingerprint density at radius 3 is 2.60 bits per heavy atom. The molecule has 0 N–H and O–H groups in total. The van der Waals surface area contributed by atoms with E-state index in [1.54, 1.807) is 0 Å². The summed E-state index contributed by atoms with van der Waals surface area (Å²) in [5.41, 5.74) is 0. The molecule has 0 radical (unpaired) electrons. The minimum atomic E-state index is 0.433. The van der Waals surface area contributed by atoms with Crippen LogP contribution in [0.5, 0.6) is 0 Å². The smallest absolute Gasteiger partial charge is 0.0858 e. The number of ether oxygens (including phenoxy) is 2. The zero-order chi connectivity index (χ0) is 6.81. The Labute approximate surface area is 61.5 Å². The van der Waals surface area contributed by atoms with E-state index in [9.17, 15) is 0 Å². The second-order valence-corrected chi connectivity index (χ2v) is 3.10. The summed E-state index contributed by atoms with van der Waals surface area (Å²) >= 11 is 0. The van der Waals surface area contributed by atoms with E-state index in [4.69, 9.17) is 9.47 Å². The lowest BCUT2D eigenvalue weighted by atomic mass is 10.1. The summed E-state index contributed by atoms with van der Waals surface area (Å²) in [5, 5.41) is 0. The van der Waals surface area contributed by atoms with Crippen molar-refractivity contribution in [3.05, 3.63) is 0 Å². The molecule has 0 bridgehead atoms. The Morgan fingerprint density at radius 2 is 1.60 bits per heavy atom. The largest absolute Gasteiger partial charge is 0.375 e. The van der Waals surface area contributed by atoms with Gasteiger partial charge in [0.05, 0.1) is 12.2 Å². The Hall–Kier alpha value is -0.0800. The maximum atomic E-state index is 5.60. The number of rotatable bonds is 0. The van der Waals surface area contributed by atoms with Crippen LogP contribution in [0.3, 0.4) is 0 Å². The van der Waals surface area contributed by atoms with Crippen molar-refractivity contribution in [3.63, 3.8) is 0 Å². The van der Waals surface area contributed by atoms with Crippen LogP contribution in [-0.2, 0) is 9.47 Å². The molecule has 2 heteroatoms. The maximum absolute atomic E-state index is 5.60. The highest BCUT2D eigenvalue weighted by atomic mass is 16.6. The van der Waals surface area contributed by atoms with Crippen molar-refractivity contribution in [2.75, 3.05) is 13.2 Å². The van der Waals surface area contributed by atoms with E-state index in [1.165, 1.54) is 19.3 Å². The molecule has 2 aliphatic rings. The summed E-state index contributed by atoms with van der Waals surface area (Å²) in [6.45, 7) is 1.86. The number of hydrogen-bond acceptors (Lipinski definition) is 2. The highest BCUT2D eigenvalue weighted by molar-refractivity contribution is 4.78. The lowest BCUT2D eigenvalue weighted by Gasteiger charge is -2.13. The SMILES string of the molecule is C1CCC2OCCC2OC1. The molecule has 0 aliphatic carbocycles. The summed E-state index contributed by atoms with van der Waals surface area (Å²) in [7, 11) is 0. The van der Waals surface area contributed by atoms with Crippen LogP contribution in [0.2, 0.25) is 0 Å². The topological polar surface area (TPSA) is 18.5 Å². The van der Waals surface area contributed by atoms with Gasteiger partial charge in [-0.2, -0.15) is 0 Å². The standard InChI is InChI=1S/C8H14O2/c1-2-5-9-8-4-6-10-7(8)3-1/h7-8H,1-6H2. The molecule has 10 heavy (non-hydrogen) atoms. The summed E-state index contributed by atoms with van der Waals surface area (Å²) in [6.07, 6.45) is 5.69. The van der Waals surface area contributed by atoms with Gasteiger partial charge in [0.25, 0.3) is 0 Å². The quantitative estimate of drug-likeness (QED) is 0.508. The van der Waals surface area contributed by atoms with Crippen LogP contribution in [-0.4, -0.2) is 25.4 Å². The maximum Gasteiger partial charge on any atom is 0.0858 e. The zero-order valence-corrected chi connectivity index (χ0v) is 6.21. The first kappa shape index (κ1) is 6.62. The van der Waals surface area contributed by atoms with Gasteiger partial charge >= 0.3 is 0 Å². The van der Waals surface area contributed by atoms with Crippen molar-refractivity contribution in [3.8, 4) is 0 Å². The van der Waals surface area contributed by atoms with Gasteiger partial charge < -0.3 is 9.47 Å².